The molecular weight excluding hydrogens is 222 g/mol. The van der Waals surface area contributed by atoms with E-state index in [1.165, 1.54) is 22.5 Å². The summed E-state index contributed by atoms with van der Waals surface area (Å²) in [5, 5.41) is 3.36. The first kappa shape index (κ1) is 13.4. The molecule has 2 heterocycles. The van der Waals surface area contributed by atoms with Crippen LogP contribution in [0.4, 0.5) is 0 Å². The van der Waals surface area contributed by atoms with Gasteiger partial charge in [0, 0.05) is 30.5 Å². The highest BCUT2D eigenvalue weighted by Crippen LogP contribution is 2.22. The van der Waals surface area contributed by atoms with Crippen molar-refractivity contribution in [2.45, 2.75) is 45.6 Å². The van der Waals surface area contributed by atoms with Crippen molar-refractivity contribution < 1.29 is 0 Å². The van der Waals surface area contributed by atoms with Gasteiger partial charge in [0.2, 0.25) is 0 Å². The molecule has 3 heteroatoms. The van der Waals surface area contributed by atoms with E-state index in [0.717, 1.165) is 25.9 Å². The molecule has 1 aromatic heterocycles. The van der Waals surface area contributed by atoms with Crippen molar-refractivity contribution in [3.63, 3.8) is 0 Å². The second-order valence-electron chi connectivity index (χ2n) is 5.57. The summed E-state index contributed by atoms with van der Waals surface area (Å²) in [6.45, 7) is 8.55. The molecule has 1 aromatic rings. The molecule has 100 valence electrons. The summed E-state index contributed by atoms with van der Waals surface area (Å²) in [6.07, 6.45) is 4.37. The Morgan fingerprint density at radius 1 is 1.50 bits per heavy atom. The number of aromatic amines is 1. The predicted molar refractivity (Wildman–Crippen MR) is 77.7 cm³/mol. The number of aromatic nitrogens is 1. The van der Waals surface area contributed by atoms with E-state index < -0.39 is 0 Å². The first-order valence-corrected chi connectivity index (χ1v) is 6.97. The molecule has 4 N–H and O–H groups in total. The van der Waals surface area contributed by atoms with E-state index in [0.29, 0.717) is 5.92 Å². The van der Waals surface area contributed by atoms with Gasteiger partial charge in [0.05, 0.1) is 0 Å². The summed E-state index contributed by atoms with van der Waals surface area (Å²) in [6, 6.07) is 2.56. The maximum absolute atomic E-state index is 5.99. The van der Waals surface area contributed by atoms with Gasteiger partial charge in [-0.15, -0.1) is 0 Å². The zero-order valence-corrected chi connectivity index (χ0v) is 11.7. The van der Waals surface area contributed by atoms with E-state index in [1.54, 1.807) is 0 Å². The standard InChI is InChI=1S/C15H25N3/c1-4-12-7-14(10(2)3)18-15(12)6-11-5-13(16)9-17-8-11/h6-7,10,13,17-18H,4-5,8-9,16H2,1-3H3/b11-6-. The Morgan fingerprint density at radius 2 is 2.28 bits per heavy atom. The highest BCUT2D eigenvalue weighted by atomic mass is 14.9. The molecular formula is C15H25N3. The van der Waals surface area contributed by atoms with E-state index >= 15 is 0 Å². The first-order chi connectivity index (χ1) is 8.60. The van der Waals surface area contributed by atoms with Gasteiger partial charge < -0.3 is 16.0 Å². The average molecular weight is 247 g/mol. The van der Waals surface area contributed by atoms with Crippen LogP contribution in [0.2, 0.25) is 0 Å². The lowest BCUT2D eigenvalue weighted by Gasteiger charge is -2.21. The van der Waals surface area contributed by atoms with Crippen molar-refractivity contribution in [2.24, 2.45) is 5.73 Å². The lowest BCUT2D eigenvalue weighted by molar-refractivity contribution is 0.535. The molecule has 1 aliphatic rings. The minimum atomic E-state index is 0.259. The van der Waals surface area contributed by atoms with E-state index in [4.69, 9.17) is 5.73 Å². The van der Waals surface area contributed by atoms with Gasteiger partial charge in [0.25, 0.3) is 0 Å². The van der Waals surface area contributed by atoms with Crippen LogP contribution in [0.3, 0.4) is 0 Å². The smallest absolute Gasteiger partial charge is 0.0415 e. The third-order valence-electron chi connectivity index (χ3n) is 3.59. The number of H-pyrrole nitrogens is 1. The SMILES string of the molecule is CCc1cc(C(C)C)[nH]c1/C=C1\CNCC(N)C1. The summed E-state index contributed by atoms with van der Waals surface area (Å²) in [5.74, 6) is 0.550. The van der Waals surface area contributed by atoms with Crippen LogP contribution >= 0.6 is 0 Å². The van der Waals surface area contributed by atoms with E-state index in [-0.39, 0.29) is 6.04 Å². The molecule has 2 rings (SSSR count). The van der Waals surface area contributed by atoms with Crippen LogP contribution in [0.15, 0.2) is 11.6 Å². The Labute approximate surface area is 110 Å². The molecule has 0 amide bonds. The minimum absolute atomic E-state index is 0.259. The van der Waals surface area contributed by atoms with Crippen molar-refractivity contribution in [3.05, 3.63) is 28.6 Å². The summed E-state index contributed by atoms with van der Waals surface area (Å²) < 4.78 is 0. The van der Waals surface area contributed by atoms with Crippen molar-refractivity contribution in [1.82, 2.24) is 10.3 Å². The zero-order valence-electron chi connectivity index (χ0n) is 11.7. The van der Waals surface area contributed by atoms with Crippen LogP contribution in [0.1, 0.15) is 50.1 Å². The van der Waals surface area contributed by atoms with E-state index in [2.05, 4.69) is 43.2 Å². The van der Waals surface area contributed by atoms with Crippen LogP contribution in [0, 0.1) is 0 Å². The van der Waals surface area contributed by atoms with Gasteiger partial charge in [-0.2, -0.15) is 0 Å². The maximum atomic E-state index is 5.99. The van der Waals surface area contributed by atoms with E-state index in [1.807, 2.05) is 0 Å². The molecule has 3 nitrogen and oxygen atoms in total. The lowest BCUT2D eigenvalue weighted by atomic mass is 10.0. The molecule has 0 bridgehead atoms. The van der Waals surface area contributed by atoms with Gasteiger partial charge in [0.1, 0.15) is 0 Å². The van der Waals surface area contributed by atoms with Crippen LogP contribution in [0.25, 0.3) is 6.08 Å². The molecule has 18 heavy (non-hydrogen) atoms. The van der Waals surface area contributed by atoms with Gasteiger partial charge in [0.15, 0.2) is 0 Å². The Balaban J connectivity index is 2.24. The Bertz CT molecular complexity index is 429. The third-order valence-corrected chi connectivity index (χ3v) is 3.59. The number of piperidine rings is 1. The second-order valence-corrected chi connectivity index (χ2v) is 5.57. The summed E-state index contributed by atoms with van der Waals surface area (Å²) >= 11 is 0. The van der Waals surface area contributed by atoms with Crippen molar-refractivity contribution >= 4 is 6.08 Å². The van der Waals surface area contributed by atoms with Gasteiger partial charge in [-0.3, -0.25) is 0 Å². The predicted octanol–water partition coefficient (Wildman–Crippen LogP) is 2.40. The first-order valence-electron chi connectivity index (χ1n) is 6.97. The summed E-state index contributed by atoms with van der Waals surface area (Å²) in [5.41, 5.74) is 11.4. The van der Waals surface area contributed by atoms with Gasteiger partial charge in [-0.05, 0) is 36.5 Å². The number of aryl methyl sites for hydroxylation is 1. The lowest BCUT2D eigenvalue weighted by Crippen LogP contribution is -2.40. The molecule has 1 unspecified atom stereocenters. The third kappa shape index (κ3) is 3.03. The van der Waals surface area contributed by atoms with Crippen LogP contribution in [0.5, 0.6) is 0 Å². The van der Waals surface area contributed by atoms with Crippen molar-refractivity contribution in [2.75, 3.05) is 13.1 Å². The average Bonchev–Trinajstić information content (AvgIpc) is 2.72. The number of nitrogens with one attached hydrogen (secondary N) is 2. The molecule has 0 radical (unpaired) electrons. The topological polar surface area (TPSA) is 53.8 Å². The Kier molecular flexibility index (Phi) is 4.25. The molecule has 0 spiro atoms. The zero-order chi connectivity index (χ0) is 13.1. The molecule has 1 saturated heterocycles. The molecule has 1 aliphatic heterocycles. The summed E-state index contributed by atoms with van der Waals surface area (Å²) in [4.78, 5) is 3.55. The molecule has 0 aromatic carbocycles. The highest BCUT2D eigenvalue weighted by Gasteiger charge is 2.14. The molecule has 0 saturated carbocycles. The number of hydrogen-bond donors (Lipinski definition) is 3. The second kappa shape index (κ2) is 5.72. The van der Waals surface area contributed by atoms with Crippen LogP contribution < -0.4 is 11.1 Å². The Morgan fingerprint density at radius 3 is 2.89 bits per heavy atom. The molecule has 1 fully saturated rings. The van der Waals surface area contributed by atoms with Crippen LogP contribution in [-0.4, -0.2) is 24.1 Å². The minimum Gasteiger partial charge on any atom is -0.358 e. The van der Waals surface area contributed by atoms with Gasteiger partial charge in [-0.25, -0.2) is 0 Å². The van der Waals surface area contributed by atoms with Crippen molar-refractivity contribution in [1.29, 1.82) is 0 Å². The maximum Gasteiger partial charge on any atom is 0.0415 e. The van der Waals surface area contributed by atoms with Crippen molar-refractivity contribution in [3.8, 4) is 0 Å². The number of nitrogens with two attached hydrogens (primary N) is 1. The fourth-order valence-corrected chi connectivity index (χ4v) is 2.48. The Hall–Kier alpha value is -1.06. The van der Waals surface area contributed by atoms with Gasteiger partial charge in [-0.1, -0.05) is 26.3 Å². The quantitative estimate of drug-likeness (QED) is 0.768. The number of hydrogen-bond acceptors (Lipinski definition) is 2. The summed E-state index contributed by atoms with van der Waals surface area (Å²) in [7, 11) is 0. The van der Waals surface area contributed by atoms with Crippen LogP contribution in [-0.2, 0) is 6.42 Å². The number of rotatable bonds is 3. The van der Waals surface area contributed by atoms with E-state index in [9.17, 15) is 0 Å². The monoisotopic (exact) mass is 247 g/mol. The fourth-order valence-electron chi connectivity index (χ4n) is 2.48. The largest absolute Gasteiger partial charge is 0.358 e. The van der Waals surface area contributed by atoms with Gasteiger partial charge >= 0.3 is 0 Å². The molecule has 0 aliphatic carbocycles. The molecule has 1 atom stereocenters. The fraction of sp³-hybridized carbons (Fsp3) is 0.600. The normalized spacial score (nSPS) is 22.9. The highest BCUT2D eigenvalue weighted by molar-refractivity contribution is 5.55.